The molecule has 0 aromatic carbocycles. The average Bonchev–Trinajstić information content (AvgIpc) is 2.86. The van der Waals surface area contributed by atoms with E-state index in [-0.39, 0.29) is 13.2 Å². The highest BCUT2D eigenvalue weighted by Gasteiger charge is 2.41. The molecule has 0 saturated carbocycles. The van der Waals surface area contributed by atoms with Crippen LogP contribution in [-0.2, 0) is 23.1 Å². The molecule has 0 spiro atoms. The predicted molar refractivity (Wildman–Crippen MR) is 60.7 cm³/mol. The van der Waals surface area contributed by atoms with Crippen LogP contribution in [0.1, 0.15) is 17.3 Å². The molecule has 1 atom stereocenters. The van der Waals surface area contributed by atoms with Crippen LogP contribution in [0.15, 0.2) is 18.9 Å². The van der Waals surface area contributed by atoms with Crippen molar-refractivity contribution in [2.24, 2.45) is 7.05 Å². The summed E-state index contributed by atoms with van der Waals surface area (Å²) in [6.07, 6.45) is 2.23. The molecule has 96 valence electrons. The number of aryl methyl sites for hydroxylation is 1. The molecule has 18 heavy (non-hydrogen) atoms. The van der Waals surface area contributed by atoms with Gasteiger partial charge < -0.3 is 9.84 Å². The zero-order valence-corrected chi connectivity index (χ0v) is 9.87. The molecule has 0 fully saturated rings. The molecule has 1 aromatic heterocycles. The molecule has 1 aliphatic rings. The maximum Gasteiger partial charge on any atom is 0.411 e. The molecule has 0 aliphatic carbocycles. The summed E-state index contributed by atoms with van der Waals surface area (Å²) in [4.78, 5) is 24.2. The van der Waals surface area contributed by atoms with E-state index in [1.54, 1.807) is 11.7 Å². The smallest absolute Gasteiger partial charge is 0.411 e. The standard InChI is InChI=1S/C11H13N3O4/c1-3-4-18-11(17)14-6-8-7(5-12-13(8)2)9(14)10(15)16/h3,5,9H,1,4,6H2,2H3,(H,15,16). The van der Waals surface area contributed by atoms with Crippen LogP contribution in [0.4, 0.5) is 4.79 Å². The van der Waals surface area contributed by atoms with Crippen molar-refractivity contribution in [2.45, 2.75) is 12.6 Å². The van der Waals surface area contributed by atoms with Crippen LogP contribution in [0.25, 0.3) is 0 Å². The van der Waals surface area contributed by atoms with Gasteiger partial charge in [0.1, 0.15) is 6.61 Å². The minimum Gasteiger partial charge on any atom is -0.479 e. The maximum absolute atomic E-state index is 11.8. The van der Waals surface area contributed by atoms with Gasteiger partial charge in [0, 0.05) is 12.6 Å². The predicted octanol–water partition coefficient (Wildman–Crippen LogP) is 0.684. The summed E-state index contributed by atoms with van der Waals surface area (Å²) in [5.74, 6) is -1.10. The summed E-state index contributed by atoms with van der Waals surface area (Å²) in [7, 11) is 1.70. The Morgan fingerprint density at radius 3 is 3.06 bits per heavy atom. The third-order valence-electron chi connectivity index (χ3n) is 2.81. The fourth-order valence-corrected chi connectivity index (χ4v) is 1.97. The number of aliphatic carboxylic acids is 1. The van der Waals surface area contributed by atoms with Crippen LogP contribution in [0.3, 0.4) is 0 Å². The van der Waals surface area contributed by atoms with E-state index in [0.717, 1.165) is 4.90 Å². The van der Waals surface area contributed by atoms with Gasteiger partial charge in [-0.15, -0.1) is 0 Å². The lowest BCUT2D eigenvalue weighted by Crippen LogP contribution is -2.34. The van der Waals surface area contributed by atoms with Gasteiger partial charge in [0.15, 0.2) is 6.04 Å². The Kier molecular flexibility index (Phi) is 3.05. The van der Waals surface area contributed by atoms with Gasteiger partial charge in [0.05, 0.1) is 18.4 Å². The van der Waals surface area contributed by atoms with Crippen molar-refractivity contribution in [1.29, 1.82) is 0 Å². The number of rotatable bonds is 3. The highest BCUT2D eigenvalue weighted by molar-refractivity contribution is 5.83. The second-order valence-corrected chi connectivity index (χ2v) is 3.90. The van der Waals surface area contributed by atoms with Crippen LogP contribution in [0.5, 0.6) is 0 Å². The first-order valence-electron chi connectivity index (χ1n) is 5.34. The lowest BCUT2D eigenvalue weighted by Gasteiger charge is -2.20. The van der Waals surface area contributed by atoms with E-state index in [9.17, 15) is 14.7 Å². The minimum atomic E-state index is -1.10. The van der Waals surface area contributed by atoms with Crippen LogP contribution in [0, 0.1) is 0 Å². The van der Waals surface area contributed by atoms with E-state index in [1.807, 2.05) is 0 Å². The Labute approximate surface area is 103 Å². The fourth-order valence-electron chi connectivity index (χ4n) is 1.97. The number of fused-ring (bicyclic) bond motifs is 1. The second-order valence-electron chi connectivity index (χ2n) is 3.90. The number of carbonyl (C=O) groups is 2. The van der Waals surface area contributed by atoms with Crippen molar-refractivity contribution in [1.82, 2.24) is 14.7 Å². The molecule has 7 nitrogen and oxygen atoms in total. The first-order chi connectivity index (χ1) is 8.56. The van der Waals surface area contributed by atoms with Gasteiger partial charge in [-0.3, -0.25) is 9.58 Å². The Morgan fingerprint density at radius 1 is 1.72 bits per heavy atom. The molecule has 1 amide bonds. The van der Waals surface area contributed by atoms with Crippen LogP contribution < -0.4 is 0 Å². The number of hydrogen-bond donors (Lipinski definition) is 1. The Bertz CT molecular complexity index is 508. The van der Waals surface area contributed by atoms with Crippen molar-refractivity contribution in [3.63, 3.8) is 0 Å². The van der Waals surface area contributed by atoms with Crippen molar-refractivity contribution in [2.75, 3.05) is 6.61 Å². The highest BCUT2D eigenvalue weighted by Crippen LogP contribution is 2.33. The topological polar surface area (TPSA) is 84.7 Å². The molecule has 1 aliphatic heterocycles. The number of amides is 1. The normalized spacial score (nSPS) is 17.4. The van der Waals surface area contributed by atoms with Crippen LogP contribution in [0.2, 0.25) is 0 Å². The van der Waals surface area contributed by atoms with E-state index < -0.39 is 18.1 Å². The SMILES string of the molecule is C=CCOC(=O)N1Cc2c(cnn2C)C1C(=O)O. The van der Waals surface area contributed by atoms with Gasteiger partial charge in [-0.05, 0) is 0 Å². The average molecular weight is 251 g/mol. The summed E-state index contributed by atoms with van der Waals surface area (Å²) in [6, 6.07) is -1.04. The zero-order valence-electron chi connectivity index (χ0n) is 9.87. The Hall–Kier alpha value is -2.31. The maximum atomic E-state index is 11.8. The van der Waals surface area contributed by atoms with Gasteiger partial charge in [0.25, 0.3) is 0 Å². The van der Waals surface area contributed by atoms with Gasteiger partial charge >= 0.3 is 12.1 Å². The van der Waals surface area contributed by atoms with E-state index >= 15 is 0 Å². The summed E-state index contributed by atoms with van der Waals surface area (Å²) in [5, 5.41) is 13.2. The quantitative estimate of drug-likeness (QED) is 0.799. The molecule has 1 aromatic rings. The van der Waals surface area contributed by atoms with Crippen LogP contribution in [-0.4, -0.2) is 38.5 Å². The summed E-state index contributed by atoms with van der Waals surface area (Å²) >= 11 is 0. The summed E-state index contributed by atoms with van der Waals surface area (Å²) < 4.78 is 6.43. The van der Waals surface area contributed by atoms with Crippen molar-refractivity contribution < 1.29 is 19.4 Å². The first-order valence-corrected chi connectivity index (χ1v) is 5.34. The second kappa shape index (κ2) is 4.52. The largest absolute Gasteiger partial charge is 0.479 e. The third kappa shape index (κ3) is 1.83. The van der Waals surface area contributed by atoms with Crippen molar-refractivity contribution in [3.8, 4) is 0 Å². The number of nitrogens with zero attached hydrogens (tertiary/aromatic N) is 3. The fraction of sp³-hybridized carbons (Fsp3) is 0.364. The van der Waals surface area contributed by atoms with Crippen molar-refractivity contribution in [3.05, 3.63) is 30.1 Å². The lowest BCUT2D eigenvalue weighted by atomic mass is 10.1. The van der Waals surface area contributed by atoms with Crippen LogP contribution >= 0.6 is 0 Å². The molecule has 1 N–H and O–H groups in total. The number of carboxylic acid groups (broad SMARTS) is 1. The molecular weight excluding hydrogens is 238 g/mol. The van der Waals surface area contributed by atoms with E-state index in [0.29, 0.717) is 11.3 Å². The number of aromatic nitrogens is 2. The number of hydrogen-bond acceptors (Lipinski definition) is 4. The minimum absolute atomic E-state index is 0.0519. The number of carbonyl (C=O) groups excluding carboxylic acids is 1. The molecule has 7 heteroatoms. The summed E-state index contributed by atoms with van der Waals surface area (Å²) in [5.41, 5.74) is 1.23. The Morgan fingerprint density at radius 2 is 2.44 bits per heavy atom. The lowest BCUT2D eigenvalue weighted by molar-refractivity contribution is -0.142. The zero-order chi connectivity index (χ0) is 13.3. The molecule has 2 rings (SSSR count). The van der Waals surface area contributed by atoms with E-state index in [4.69, 9.17) is 4.74 Å². The third-order valence-corrected chi connectivity index (χ3v) is 2.81. The van der Waals surface area contributed by atoms with Gasteiger partial charge in [-0.25, -0.2) is 9.59 Å². The number of ether oxygens (including phenoxy) is 1. The molecule has 2 heterocycles. The molecule has 0 saturated heterocycles. The highest BCUT2D eigenvalue weighted by atomic mass is 16.6. The molecular formula is C11H13N3O4. The molecule has 0 radical (unpaired) electrons. The van der Waals surface area contributed by atoms with Gasteiger partial charge in [-0.1, -0.05) is 12.7 Å². The molecule has 1 unspecified atom stereocenters. The summed E-state index contributed by atoms with van der Waals surface area (Å²) in [6.45, 7) is 3.66. The van der Waals surface area contributed by atoms with E-state index in [2.05, 4.69) is 11.7 Å². The number of carboxylic acids is 1. The van der Waals surface area contributed by atoms with Gasteiger partial charge in [0.2, 0.25) is 0 Å². The van der Waals surface area contributed by atoms with E-state index in [1.165, 1.54) is 12.3 Å². The Balaban J connectivity index is 2.26. The van der Waals surface area contributed by atoms with Gasteiger partial charge in [-0.2, -0.15) is 5.10 Å². The van der Waals surface area contributed by atoms with Crippen molar-refractivity contribution >= 4 is 12.1 Å². The monoisotopic (exact) mass is 251 g/mol. The first kappa shape index (κ1) is 12.2. The molecule has 0 bridgehead atoms.